The van der Waals surface area contributed by atoms with Gasteiger partial charge in [-0.1, -0.05) is 13.8 Å². The number of methoxy groups -OCH3 is 1. The Labute approximate surface area is 91.1 Å². The van der Waals surface area contributed by atoms with Crippen molar-refractivity contribution in [1.82, 2.24) is 4.98 Å². The van der Waals surface area contributed by atoms with Gasteiger partial charge in [-0.3, -0.25) is 0 Å². The number of rotatable bonds is 4. The Hall–Kier alpha value is -1.45. The molecule has 0 fully saturated rings. The summed E-state index contributed by atoms with van der Waals surface area (Å²) in [7, 11) is 3.59. The Morgan fingerprint density at radius 2 is 2.13 bits per heavy atom. The zero-order valence-electron chi connectivity index (χ0n) is 9.82. The van der Waals surface area contributed by atoms with Gasteiger partial charge in [0.1, 0.15) is 0 Å². The van der Waals surface area contributed by atoms with Gasteiger partial charge in [0, 0.05) is 19.7 Å². The Morgan fingerprint density at radius 1 is 1.47 bits per heavy atom. The molecule has 1 rings (SSSR count). The monoisotopic (exact) mass is 209 g/mol. The zero-order valence-corrected chi connectivity index (χ0v) is 9.82. The van der Waals surface area contributed by atoms with E-state index < -0.39 is 0 Å². The smallest absolute Gasteiger partial charge is 0.215 e. The summed E-state index contributed by atoms with van der Waals surface area (Å²) >= 11 is 0. The molecule has 2 N–H and O–H groups in total. The predicted octanol–water partition coefficient (Wildman–Crippen LogP) is 1.76. The molecule has 4 nitrogen and oxygen atoms in total. The highest BCUT2D eigenvalue weighted by Crippen LogP contribution is 2.23. The lowest BCUT2D eigenvalue weighted by Gasteiger charge is -2.22. The van der Waals surface area contributed by atoms with Gasteiger partial charge in [0.25, 0.3) is 0 Å². The Balaban J connectivity index is 2.91. The second kappa shape index (κ2) is 4.87. The standard InChI is InChI=1S/C11H19N3O/c1-8(2)7-14(3)11-9(12)5-6-10(13-11)15-4/h5-6,8H,7,12H2,1-4H3. The fourth-order valence-corrected chi connectivity index (χ4v) is 1.50. The lowest BCUT2D eigenvalue weighted by molar-refractivity contribution is 0.398. The average Bonchev–Trinajstić information content (AvgIpc) is 2.17. The maximum Gasteiger partial charge on any atom is 0.215 e. The summed E-state index contributed by atoms with van der Waals surface area (Å²) in [6, 6.07) is 3.58. The van der Waals surface area contributed by atoms with E-state index in [0.717, 1.165) is 12.4 Å². The van der Waals surface area contributed by atoms with Gasteiger partial charge in [-0.2, -0.15) is 4.98 Å². The summed E-state index contributed by atoms with van der Waals surface area (Å²) in [6.07, 6.45) is 0. The number of nitrogens with zero attached hydrogens (tertiary/aromatic N) is 2. The van der Waals surface area contributed by atoms with Crippen molar-refractivity contribution in [3.8, 4) is 5.88 Å². The molecule has 4 heteroatoms. The van der Waals surface area contributed by atoms with Gasteiger partial charge >= 0.3 is 0 Å². The summed E-state index contributed by atoms with van der Waals surface area (Å²) < 4.78 is 5.07. The highest BCUT2D eigenvalue weighted by molar-refractivity contribution is 5.63. The van der Waals surface area contributed by atoms with Crippen LogP contribution in [0, 0.1) is 5.92 Å². The third-order valence-corrected chi connectivity index (χ3v) is 2.09. The predicted molar refractivity (Wildman–Crippen MR) is 63.3 cm³/mol. The van der Waals surface area contributed by atoms with Crippen LogP contribution in [-0.2, 0) is 0 Å². The maximum absolute atomic E-state index is 5.86. The van der Waals surface area contributed by atoms with Crippen LogP contribution in [0.1, 0.15) is 13.8 Å². The number of hydrogen-bond acceptors (Lipinski definition) is 4. The minimum absolute atomic E-state index is 0.572. The van der Waals surface area contributed by atoms with Crippen molar-refractivity contribution in [3.63, 3.8) is 0 Å². The van der Waals surface area contributed by atoms with Gasteiger partial charge in [-0.15, -0.1) is 0 Å². The Bertz CT molecular complexity index is 326. The molecule has 15 heavy (non-hydrogen) atoms. The molecule has 0 atom stereocenters. The van der Waals surface area contributed by atoms with E-state index in [0.29, 0.717) is 17.5 Å². The van der Waals surface area contributed by atoms with Crippen LogP contribution in [0.4, 0.5) is 11.5 Å². The molecule has 84 valence electrons. The number of nitrogen functional groups attached to an aromatic ring is 1. The van der Waals surface area contributed by atoms with E-state index in [1.54, 1.807) is 13.2 Å². The number of aromatic nitrogens is 1. The van der Waals surface area contributed by atoms with E-state index in [4.69, 9.17) is 10.5 Å². The van der Waals surface area contributed by atoms with Crippen molar-refractivity contribution in [3.05, 3.63) is 12.1 Å². The zero-order chi connectivity index (χ0) is 11.4. The number of hydrogen-bond donors (Lipinski definition) is 1. The summed E-state index contributed by atoms with van der Waals surface area (Å²) in [6.45, 7) is 5.24. The Kier molecular flexibility index (Phi) is 3.77. The second-order valence-electron chi connectivity index (χ2n) is 4.04. The second-order valence-corrected chi connectivity index (χ2v) is 4.04. The van der Waals surface area contributed by atoms with Crippen LogP contribution in [0.15, 0.2) is 12.1 Å². The van der Waals surface area contributed by atoms with Crippen molar-refractivity contribution in [2.75, 3.05) is 31.3 Å². The minimum Gasteiger partial charge on any atom is -0.481 e. The van der Waals surface area contributed by atoms with Gasteiger partial charge in [0.05, 0.1) is 12.8 Å². The molecule has 0 aromatic carbocycles. The minimum atomic E-state index is 0.572. The van der Waals surface area contributed by atoms with E-state index in [1.165, 1.54) is 0 Å². The first-order valence-corrected chi connectivity index (χ1v) is 5.06. The van der Waals surface area contributed by atoms with Gasteiger partial charge < -0.3 is 15.4 Å². The van der Waals surface area contributed by atoms with E-state index in [-0.39, 0.29) is 0 Å². The van der Waals surface area contributed by atoms with E-state index in [9.17, 15) is 0 Å². The van der Waals surface area contributed by atoms with Crippen molar-refractivity contribution >= 4 is 11.5 Å². The summed E-state index contributed by atoms with van der Waals surface area (Å²) in [4.78, 5) is 6.37. The van der Waals surface area contributed by atoms with Crippen molar-refractivity contribution in [2.45, 2.75) is 13.8 Å². The molecule has 0 bridgehead atoms. The molecule has 1 aromatic rings. The molecule has 1 aromatic heterocycles. The fourth-order valence-electron chi connectivity index (χ4n) is 1.50. The van der Waals surface area contributed by atoms with E-state index in [1.807, 2.05) is 18.0 Å². The van der Waals surface area contributed by atoms with Crippen molar-refractivity contribution in [2.24, 2.45) is 5.92 Å². The van der Waals surface area contributed by atoms with Crippen LogP contribution >= 0.6 is 0 Å². The first kappa shape index (κ1) is 11.6. The molecule has 0 radical (unpaired) electrons. The number of anilines is 2. The van der Waals surface area contributed by atoms with Crippen LogP contribution in [0.3, 0.4) is 0 Å². The molecule has 0 aliphatic rings. The molecule has 0 aliphatic carbocycles. The quantitative estimate of drug-likeness (QED) is 0.821. The van der Waals surface area contributed by atoms with Gasteiger partial charge in [0.2, 0.25) is 5.88 Å². The van der Waals surface area contributed by atoms with Gasteiger partial charge in [-0.25, -0.2) is 0 Å². The van der Waals surface area contributed by atoms with Crippen LogP contribution < -0.4 is 15.4 Å². The third-order valence-electron chi connectivity index (χ3n) is 2.09. The summed E-state index contributed by atoms with van der Waals surface area (Å²) in [5.41, 5.74) is 6.54. The van der Waals surface area contributed by atoms with Gasteiger partial charge in [0.15, 0.2) is 5.82 Å². The molecule has 0 aliphatic heterocycles. The van der Waals surface area contributed by atoms with Crippen LogP contribution in [0.2, 0.25) is 0 Å². The summed E-state index contributed by atoms with van der Waals surface area (Å²) in [5.74, 6) is 1.94. The molecule has 0 unspecified atom stereocenters. The molecule has 0 spiro atoms. The fraction of sp³-hybridized carbons (Fsp3) is 0.545. The summed E-state index contributed by atoms with van der Waals surface area (Å²) in [5, 5.41) is 0. The highest BCUT2D eigenvalue weighted by Gasteiger charge is 2.09. The van der Waals surface area contributed by atoms with Crippen LogP contribution in [0.25, 0.3) is 0 Å². The van der Waals surface area contributed by atoms with E-state index >= 15 is 0 Å². The van der Waals surface area contributed by atoms with Crippen molar-refractivity contribution in [1.29, 1.82) is 0 Å². The maximum atomic E-state index is 5.86. The number of pyridine rings is 1. The van der Waals surface area contributed by atoms with E-state index in [2.05, 4.69) is 18.8 Å². The molecular weight excluding hydrogens is 190 g/mol. The first-order chi connectivity index (χ1) is 7.04. The third kappa shape index (κ3) is 3.01. The highest BCUT2D eigenvalue weighted by atomic mass is 16.5. The lowest BCUT2D eigenvalue weighted by atomic mass is 10.2. The normalized spacial score (nSPS) is 10.5. The average molecular weight is 209 g/mol. The van der Waals surface area contributed by atoms with Crippen LogP contribution in [0.5, 0.6) is 5.88 Å². The van der Waals surface area contributed by atoms with Crippen LogP contribution in [-0.4, -0.2) is 25.7 Å². The number of nitrogens with two attached hydrogens (primary N) is 1. The molecule has 0 amide bonds. The topological polar surface area (TPSA) is 51.4 Å². The first-order valence-electron chi connectivity index (χ1n) is 5.06. The lowest BCUT2D eigenvalue weighted by Crippen LogP contribution is -2.24. The van der Waals surface area contributed by atoms with Crippen molar-refractivity contribution < 1.29 is 4.74 Å². The SMILES string of the molecule is COc1ccc(N)c(N(C)CC(C)C)n1. The molecule has 0 saturated heterocycles. The number of ether oxygens (including phenoxy) is 1. The molecule has 0 saturated carbocycles. The Morgan fingerprint density at radius 3 is 2.67 bits per heavy atom. The molecule has 1 heterocycles. The molecular formula is C11H19N3O. The van der Waals surface area contributed by atoms with Gasteiger partial charge in [-0.05, 0) is 12.0 Å². The largest absolute Gasteiger partial charge is 0.481 e.